The first-order valence-corrected chi connectivity index (χ1v) is 10.6. The predicted molar refractivity (Wildman–Crippen MR) is 108 cm³/mol. The summed E-state index contributed by atoms with van der Waals surface area (Å²) in [6.45, 7) is 7.15. The van der Waals surface area contributed by atoms with Gasteiger partial charge in [0.1, 0.15) is 0 Å². The molecule has 144 valence electrons. The number of thiophene rings is 1. The van der Waals surface area contributed by atoms with Crippen LogP contribution in [0.3, 0.4) is 0 Å². The van der Waals surface area contributed by atoms with Gasteiger partial charge in [-0.2, -0.15) is 0 Å². The Kier molecular flexibility index (Phi) is 5.10. The largest absolute Gasteiger partial charge is 0.347 e. The van der Waals surface area contributed by atoms with Gasteiger partial charge in [0, 0.05) is 24.6 Å². The van der Waals surface area contributed by atoms with Crippen molar-refractivity contribution in [1.82, 2.24) is 0 Å². The number of nitrogens with zero attached hydrogens (tertiary/aromatic N) is 1. The molecule has 1 aliphatic carbocycles. The lowest BCUT2D eigenvalue weighted by Crippen LogP contribution is -2.36. The molecule has 2 aliphatic rings. The number of carbonyl (C=O) groups is 1. The minimum absolute atomic E-state index is 0.0725. The molecule has 0 N–H and O–H groups in total. The molecule has 0 bridgehead atoms. The number of hydrogen-bond acceptors (Lipinski definition) is 4. The van der Waals surface area contributed by atoms with Gasteiger partial charge in [0.2, 0.25) is 5.91 Å². The summed E-state index contributed by atoms with van der Waals surface area (Å²) in [5.41, 5.74) is 3.71. The van der Waals surface area contributed by atoms with E-state index in [1.54, 1.807) is 18.3 Å². The van der Waals surface area contributed by atoms with Crippen LogP contribution in [0.15, 0.2) is 30.3 Å². The Labute approximate surface area is 165 Å². The van der Waals surface area contributed by atoms with Crippen molar-refractivity contribution in [3.05, 3.63) is 51.9 Å². The Morgan fingerprint density at radius 2 is 2.11 bits per heavy atom. The van der Waals surface area contributed by atoms with Crippen LogP contribution < -0.4 is 4.90 Å². The molecule has 2 unspecified atom stereocenters. The van der Waals surface area contributed by atoms with E-state index in [1.807, 2.05) is 4.90 Å². The average molecular weight is 386 g/mol. The van der Waals surface area contributed by atoms with Gasteiger partial charge in [-0.1, -0.05) is 36.8 Å². The van der Waals surface area contributed by atoms with Crippen LogP contribution in [-0.4, -0.2) is 24.4 Å². The predicted octanol–water partition coefficient (Wildman–Crippen LogP) is 4.62. The molecular weight excluding hydrogens is 358 g/mol. The Morgan fingerprint density at radius 3 is 2.78 bits per heavy atom. The van der Waals surface area contributed by atoms with E-state index in [-0.39, 0.29) is 12.0 Å². The summed E-state index contributed by atoms with van der Waals surface area (Å²) >= 11 is 1.71. The molecule has 4 rings (SSSR count). The molecule has 2 atom stereocenters. The van der Waals surface area contributed by atoms with Crippen LogP contribution in [0, 0.1) is 6.92 Å². The number of aryl methyl sites for hydroxylation is 2. The molecule has 0 saturated carbocycles. The zero-order valence-electron chi connectivity index (χ0n) is 16.3. The van der Waals surface area contributed by atoms with Crippen LogP contribution >= 0.6 is 11.3 Å². The summed E-state index contributed by atoms with van der Waals surface area (Å²) in [7, 11) is 0. The molecule has 0 radical (unpaired) electrons. The first-order chi connectivity index (χ1) is 13.0. The number of rotatable bonds is 4. The van der Waals surface area contributed by atoms with Crippen LogP contribution in [0.2, 0.25) is 0 Å². The van der Waals surface area contributed by atoms with Gasteiger partial charge in [-0.05, 0) is 37.0 Å². The van der Waals surface area contributed by atoms with E-state index < -0.39 is 5.79 Å². The Hall–Kier alpha value is -1.69. The minimum atomic E-state index is -0.451. The number of anilines is 1. The number of amides is 1. The lowest BCUT2D eigenvalue weighted by Gasteiger charge is -2.31. The maximum atomic E-state index is 12.3. The van der Waals surface area contributed by atoms with Gasteiger partial charge in [-0.3, -0.25) is 9.69 Å². The standard InChI is InChI=1S/C22H27NO3S/c1-4-19-14-25-22(26-19)10-9-18-11-21(27-20(18)12-22)23(16(3)24)13-17-7-5-15(2)6-8-17/h5-8,11,19H,4,9-10,12-14H2,1-3H3. The molecule has 1 aromatic heterocycles. The average Bonchev–Trinajstić information content (AvgIpc) is 3.25. The molecule has 5 heteroatoms. The maximum absolute atomic E-state index is 12.3. The van der Waals surface area contributed by atoms with E-state index in [4.69, 9.17) is 9.47 Å². The first kappa shape index (κ1) is 18.7. The minimum Gasteiger partial charge on any atom is -0.347 e. The van der Waals surface area contributed by atoms with Gasteiger partial charge >= 0.3 is 0 Å². The Bertz CT molecular complexity index is 829. The zero-order valence-corrected chi connectivity index (χ0v) is 17.1. The highest BCUT2D eigenvalue weighted by atomic mass is 32.1. The summed E-state index contributed by atoms with van der Waals surface area (Å²) < 4.78 is 12.3. The fourth-order valence-corrected chi connectivity index (χ4v) is 5.21. The zero-order chi connectivity index (χ0) is 19.0. The fraction of sp³-hybridized carbons (Fsp3) is 0.500. The molecule has 2 heterocycles. The maximum Gasteiger partial charge on any atom is 0.224 e. The van der Waals surface area contributed by atoms with Gasteiger partial charge in [-0.25, -0.2) is 0 Å². The number of hydrogen-bond donors (Lipinski definition) is 0. The van der Waals surface area contributed by atoms with Gasteiger partial charge in [0.25, 0.3) is 0 Å². The molecular formula is C22H27NO3S. The highest BCUT2D eigenvalue weighted by Crippen LogP contribution is 2.43. The number of carbonyl (C=O) groups excluding carboxylic acids is 1. The Balaban J connectivity index is 1.55. The summed E-state index contributed by atoms with van der Waals surface area (Å²) in [5, 5.41) is 1.02. The molecule has 27 heavy (non-hydrogen) atoms. The monoisotopic (exact) mass is 385 g/mol. The van der Waals surface area contributed by atoms with Crippen LogP contribution in [0.25, 0.3) is 0 Å². The molecule has 1 amide bonds. The van der Waals surface area contributed by atoms with Gasteiger partial charge < -0.3 is 9.47 Å². The second-order valence-corrected chi connectivity index (χ2v) is 8.79. The quantitative estimate of drug-likeness (QED) is 0.771. The van der Waals surface area contributed by atoms with Crippen molar-refractivity contribution in [3.8, 4) is 0 Å². The topological polar surface area (TPSA) is 38.8 Å². The third kappa shape index (κ3) is 3.82. The molecule has 1 aromatic carbocycles. The molecule has 4 nitrogen and oxygen atoms in total. The highest BCUT2D eigenvalue weighted by molar-refractivity contribution is 7.16. The summed E-state index contributed by atoms with van der Waals surface area (Å²) in [5.74, 6) is -0.378. The van der Waals surface area contributed by atoms with Crippen molar-refractivity contribution < 1.29 is 14.3 Å². The number of ether oxygens (including phenoxy) is 2. The molecule has 1 saturated heterocycles. The molecule has 1 fully saturated rings. The van der Waals surface area contributed by atoms with Crippen LogP contribution in [-0.2, 0) is 33.7 Å². The van der Waals surface area contributed by atoms with Crippen molar-refractivity contribution in [2.24, 2.45) is 0 Å². The van der Waals surface area contributed by atoms with Crippen LogP contribution in [0.4, 0.5) is 5.00 Å². The van der Waals surface area contributed by atoms with E-state index in [1.165, 1.54) is 16.0 Å². The lowest BCUT2D eigenvalue weighted by molar-refractivity contribution is -0.174. The summed E-state index contributed by atoms with van der Waals surface area (Å²) in [6.07, 6.45) is 3.82. The van der Waals surface area contributed by atoms with Crippen LogP contribution in [0.5, 0.6) is 0 Å². The van der Waals surface area contributed by atoms with Crippen molar-refractivity contribution in [2.45, 2.75) is 64.9 Å². The highest BCUT2D eigenvalue weighted by Gasteiger charge is 2.44. The van der Waals surface area contributed by atoms with E-state index in [0.717, 1.165) is 36.2 Å². The Morgan fingerprint density at radius 1 is 1.33 bits per heavy atom. The number of fused-ring (bicyclic) bond motifs is 1. The van der Waals surface area contributed by atoms with Crippen molar-refractivity contribution in [3.63, 3.8) is 0 Å². The van der Waals surface area contributed by atoms with E-state index >= 15 is 0 Å². The SMILES string of the molecule is CCC1COC2(CCc3cc(N(Cc4ccc(C)cc4)C(C)=O)sc3C2)O1. The first-order valence-electron chi connectivity index (χ1n) is 9.75. The lowest BCUT2D eigenvalue weighted by atomic mass is 9.93. The van der Waals surface area contributed by atoms with E-state index in [2.05, 4.69) is 44.2 Å². The van der Waals surface area contributed by atoms with Gasteiger partial charge in [0.15, 0.2) is 5.79 Å². The van der Waals surface area contributed by atoms with E-state index in [9.17, 15) is 4.79 Å². The smallest absolute Gasteiger partial charge is 0.224 e. The van der Waals surface area contributed by atoms with Crippen molar-refractivity contribution >= 4 is 22.2 Å². The summed E-state index contributed by atoms with van der Waals surface area (Å²) in [6, 6.07) is 10.6. The molecule has 2 aromatic rings. The second kappa shape index (κ2) is 7.38. The third-order valence-corrected chi connectivity index (χ3v) is 6.77. The molecule has 1 aliphatic heterocycles. The number of benzene rings is 1. The summed E-state index contributed by atoms with van der Waals surface area (Å²) in [4.78, 5) is 15.5. The molecule has 1 spiro atoms. The van der Waals surface area contributed by atoms with E-state index in [0.29, 0.717) is 13.2 Å². The normalized spacial score (nSPS) is 24.2. The second-order valence-electron chi connectivity index (χ2n) is 7.67. The fourth-order valence-electron chi connectivity index (χ4n) is 3.87. The van der Waals surface area contributed by atoms with Crippen molar-refractivity contribution in [1.29, 1.82) is 0 Å². The van der Waals surface area contributed by atoms with Crippen LogP contribution in [0.1, 0.15) is 48.3 Å². The third-order valence-electron chi connectivity index (χ3n) is 5.57. The van der Waals surface area contributed by atoms with Crippen molar-refractivity contribution in [2.75, 3.05) is 11.5 Å². The van der Waals surface area contributed by atoms with Gasteiger partial charge in [-0.15, -0.1) is 11.3 Å². The van der Waals surface area contributed by atoms with Gasteiger partial charge in [0.05, 0.1) is 24.3 Å².